The molecule has 3 rings (SSSR count). The van der Waals surface area contributed by atoms with Crippen molar-refractivity contribution in [1.82, 2.24) is 0 Å². The van der Waals surface area contributed by atoms with Crippen LogP contribution in [0.25, 0.3) is 0 Å². The summed E-state index contributed by atoms with van der Waals surface area (Å²) in [6, 6.07) is 6.22. The average molecular weight is 248 g/mol. The van der Waals surface area contributed by atoms with Crippen LogP contribution in [0, 0.1) is 0 Å². The van der Waals surface area contributed by atoms with Crippen LogP contribution in [0.15, 0.2) is 18.2 Å². The maximum absolute atomic E-state index is 9.90. The van der Waals surface area contributed by atoms with Crippen molar-refractivity contribution in [2.75, 3.05) is 13.2 Å². The minimum Gasteiger partial charge on any atom is -0.486 e. The molecule has 1 aromatic rings. The molecular weight excluding hydrogens is 228 g/mol. The van der Waals surface area contributed by atoms with E-state index in [2.05, 4.69) is 12.1 Å². The number of aliphatic hydroxyl groups excluding tert-OH is 1. The van der Waals surface area contributed by atoms with Crippen molar-refractivity contribution < 1.29 is 14.6 Å². The maximum atomic E-state index is 9.90. The second kappa shape index (κ2) is 5.19. The molecule has 1 saturated carbocycles. The molecule has 3 heteroatoms. The number of hydrogen-bond donors (Lipinski definition) is 1. The lowest BCUT2D eigenvalue weighted by Crippen LogP contribution is -2.16. The summed E-state index contributed by atoms with van der Waals surface area (Å²) >= 11 is 0. The van der Waals surface area contributed by atoms with Gasteiger partial charge in [-0.3, -0.25) is 0 Å². The number of aliphatic hydroxyl groups is 1. The molecule has 18 heavy (non-hydrogen) atoms. The van der Waals surface area contributed by atoms with Gasteiger partial charge in [0.15, 0.2) is 11.5 Å². The molecule has 1 N–H and O–H groups in total. The van der Waals surface area contributed by atoms with Gasteiger partial charge in [0.2, 0.25) is 0 Å². The summed E-state index contributed by atoms with van der Waals surface area (Å²) in [6.45, 7) is 1.26. The molecule has 0 bridgehead atoms. The fourth-order valence-corrected chi connectivity index (χ4v) is 2.95. The number of fused-ring (bicyclic) bond motifs is 1. The summed E-state index contributed by atoms with van der Waals surface area (Å²) in [5, 5.41) is 9.90. The Balaban J connectivity index is 1.82. The number of hydrogen-bond acceptors (Lipinski definition) is 3. The standard InChI is InChI=1S/C15H20O3/c16-13-4-2-1-3-11(9-13)12-5-6-14-15(10-12)18-8-7-17-14/h5-6,10-11,13,16H,1-4,7-9H2. The molecule has 0 aromatic heterocycles. The summed E-state index contributed by atoms with van der Waals surface area (Å²) in [5.41, 5.74) is 1.28. The van der Waals surface area contributed by atoms with Gasteiger partial charge in [-0.25, -0.2) is 0 Å². The summed E-state index contributed by atoms with van der Waals surface area (Å²) in [7, 11) is 0. The monoisotopic (exact) mass is 248 g/mol. The lowest BCUT2D eigenvalue weighted by Gasteiger charge is -2.22. The van der Waals surface area contributed by atoms with Crippen LogP contribution < -0.4 is 9.47 Å². The van der Waals surface area contributed by atoms with Crippen LogP contribution in [0.5, 0.6) is 11.5 Å². The molecule has 2 aliphatic rings. The van der Waals surface area contributed by atoms with E-state index in [0.717, 1.165) is 37.2 Å². The second-order valence-electron chi connectivity index (χ2n) is 5.27. The maximum Gasteiger partial charge on any atom is 0.161 e. The van der Waals surface area contributed by atoms with Gasteiger partial charge in [-0.15, -0.1) is 0 Å². The van der Waals surface area contributed by atoms with E-state index in [4.69, 9.17) is 9.47 Å². The number of rotatable bonds is 1. The van der Waals surface area contributed by atoms with E-state index in [1.165, 1.54) is 12.0 Å². The Morgan fingerprint density at radius 2 is 1.78 bits per heavy atom. The summed E-state index contributed by atoms with van der Waals surface area (Å²) in [4.78, 5) is 0. The van der Waals surface area contributed by atoms with Gasteiger partial charge in [-0.2, -0.15) is 0 Å². The Hall–Kier alpha value is -1.22. The molecule has 1 aromatic carbocycles. The molecule has 0 spiro atoms. The van der Waals surface area contributed by atoms with E-state index in [1.807, 2.05) is 6.07 Å². The van der Waals surface area contributed by atoms with Crippen LogP contribution in [0.3, 0.4) is 0 Å². The fraction of sp³-hybridized carbons (Fsp3) is 0.600. The van der Waals surface area contributed by atoms with Gasteiger partial charge in [-0.1, -0.05) is 18.9 Å². The molecule has 0 radical (unpaired) electrons. The highest BCUT2D eigenvalue weighted by molar-refractivity contribution is 5.44. The Morgan fingerprint density at radius 1 is 1.00 bits per heavy atom. The summed E-state index contributed by atoms with van der Waals surface area (Å²) < 4.78 is 11.2. The zero-order valence-electron chi connectivity index (χ0n) is 10.6. The smallest absolute Gasteiger partial charge is 0.161 e. The zero-order chi connectivity index (χ0) is 12.4. The van der Waals surface area contributed by atoms with Crippen molar-refractivity contribution >= 4 is 0 Å². The van der Waals surface area contributed by atoms with Crippen LogP contribution in [0.2, 0.25) is 0 Å². The van der Waals surface area contributed by atoms with Gasteiger partial charge in [0, 0.05) is 0 Å². The van der Waals surface area contributed by atoms with Gasteiger partial charge in [0.1, 0.15) is 13.2 Å². The average Bonchev–Trinajstić information content (AvgIpc) is 2.63. The molecule has 1 heterocycles. The van der Waals surface area contributed by atoms with E-state index in [9.17, 15) is 5.11 Å². The second-order valence-corrected chi connectivity index (χ2v) is 5.27. The van der Waals surface area contributed by atoms with E-state index in [0.29, 0.717) is 19.1 Å². The van der Waals surface area contributed by atoms with E-state index in [1.54, 1.807) is 0 Å². The van der Waals surface area contributed by atoms with Gasteiger partial charge in [0.05, 0.1) is 6.10 Å². The minimum atomic E-state index is -0.147. The quantitative estimate of drug-likeness (QED) is 0.777. The van der Waals surface area contributed by atoms with Crippen molar-refractivity contribution in [3.05, 3.63) is 23.8 Å². The summed E-state index contributed by atoms with van der Waals surface area (Å²) in [5.74, 6) is 2.16. The van der Waals surface area contributed by atoms with Crippen molar-refractivity contribution in [1.29, 1.82) is 0 Å². The van der Waals surface area contributed by atoms with Crippen molar-refractivity contribution in [3.8, 4) is 11.5 Å². The van der Waals surface area contributed by atoms with Gasteiger partial charge in [-0.05, 0) is 42.9 Å². The van der Waals surface area contributed by atoms with Gasteiger partial charge in [0.25, 0.3) is 0 Å². The molecule has 2 unspecified atom stereocenters. The molecule has 98 valence electrons. The fourth-order valence-electron chi connectivity index (χ4n) is 2.95. The lowest BCUT2D eigenvalue weighted by molar-refractivity contribution is 0.151. The minimum absolute atomic E-state index is 0.147. The Morgan fingerprint density at radius 3 is 2.67 bits per heavy atom. The molecule has 3 nitrogen and oxygen atoms in total. The number of ether oxygens (including phenoxy) is 2. The molecule has 1 fully saturated rings. The van der Waals surface area contributed by atoms with E-state index in [-0.39, 0.29) is 6.10 Å². The first-order valence-corrected chi connectivity index (χ1v) is 6.90. The zero-order valence-corrected chi connectivity index (χ0v) is 10.6. The van der Waals surface area contributed by atoms with E-state index < -0.39 is 0 Å². The largest absolute Gasteiger partial charge is 0.486 e. The van der Waals surface area contributed by atoms with Crippen LogP contribution in [-0.2, 0) is 0 Å². The van der Waals surface area contributed by atoms with Gasteiger partial charge >= 0.3 is 0 Å². The molecule has 0 amide bonds. The third kappa shape index (κ3) is 2.46. The van der Waals surface area contributed by atoms with Crippen molar-refractivity contribution in [3.63, 3.8) is 0 Å². The first-order valence-electron chi connectivity index (χ1n) is 6.90. The van der Waals surface area contributed by atoms with Crippen LogP contribution in [0.1, 0.15) is 43.6 Å². The van der Waals surface area contributed by atoms with Crippen LogP contribution in [0.4, 0.5) is 0 Å². The predicted octanol–water partition coefficient (Wildman–Crippen LogP) is 2.87. The normalized spacial score (nSPS) is 27.6. The van der Waals surface area contributed by atoms with Crippen LogP contribution >= 0.6 is 0 Å². The van der Waals surface area contributed by atoms with Crippen molar-refractivity contribution in [2.45, 2.75) is 44.1 Å². The number of benzene rings is 1. The Labute approximate surface area is 108 Å². The molecule has 0 saturated heterocycles. The highest BCUT2D eigenvalue weighted by Gasteiger charge is 2.21. The Kier molecular flexibility index (Phi) is 3.41. The molecule has 1 aliphatic carbocycles. The molecule has 2 atom stereocenters. The molecular formula is C15H20O3. The first-order chi connectivity index (χ1) is 8.83. The predicted molar refractivity (Wildman–Crippen MR) is 69.3 cm³/mol. The lowest BCUT2D eigenvalue weighted by atomic mass is 9.91. The highest BCUT2D eigenvalue weighted by Crippen LogP contribution is 2.37. The van der Waals surface area contributed by atoms with Crippen LogP contribution in [-0.4, -0.2) is 24.4 Å². The third-order valence-electron chi connectivity index (χ3n) is 3.93. The molecule has 1 aliphatic heterocycles. The SMILES string of the molecule is OC1CCCCC(c2ccc3c(c2)OCCO3)C1. The third-order valence-corrected chi connectivity index (χ3v) is 3.93. The highest BCUT2D eigenvalue weighted by atomic mass is 16.6. The first kappa shape index (κ1) is 11.8. The Bertz CT molecular complexity index is 416. The van der Waals surface area contributed by atoms with E-state index >= 15 is 0 Å². The topological polar surface area (TPSA) is 38.7 Å². The van der Waals surface area contributed by atoms with Crippen molar-refractivity contribution in [2.24, 2.45) is 0 Å². The summed E-state index contributed by atoms with van der Waals surface area (Å²) in [6.07, 6.45) is 5.18. The van der Waals surface area contributed by atoms with Gasteiger partial charge < -0.3 is 14.6 Å².